The van der Waals surface area contributed by atoms with Crippen molar-refractivity contribution in [3.05, 3.63) is 28.3 Å². The van der Waals surface area contributed by atoms with E-state index >= 15 is 0 Å². The predicted octanol–water partition coefficient (Wildman–Crippen LogP) is 3.31. The van der Waals surface area contributed by atoms with Gasteiger partial charge in [0.25, 0.3) is 0 Å². The van der Waals surface area contributed by atoms with Crippen LogP contribution in [-0.2, 0) is 10.2 Å². The first-order valence-corrected chi connectivity index (χ1v) is 6.93. The highest BCUT2D eigenvalue weighted by molar-refractivity contribution is 5.87. The van der Waals surface area contributed by atoms with Crippen LogP contribution in [-0.4, -0.2) is 18.2 Å². The van der Waals surface area contributed by atoms with Gasteiger partial charge in [-0.15, -0.1) is 0 Å². The molecule has 3 nitrogen and oxygen atoms in total. The molecule has 0 bridgehead atoms. The van der Waals surface area contributed by atoms with Crippen molar-refractivity contribution in [3.8, 4) is 5.75 Å². The highest BCUT2D eigenvalue weighted by Crippen LogP contribution is 2.55. The highest BCUT2D eigenvalue weighted by Gasteiger charge is 2.54. The highest BCUT2D eigenvalue weighted by atomic mass is 16.5. The van der Waals surface area contributed by atoms with E-state index in [9.17, 15) is 9.90 Å². The Morgan fingerprint density at radius 3 is 2.42 bits per heavy atom. The zero-order valence-corrected chi connectivity index (χ0v) is 11.7. The molecule has 1 aromatic rings. The zero-order chi connectivity index (χ0) is 13.8. The van der Waals surface area contributed by atoms with Crippen LogP contribution in [0.25, 0.3) is 0 Å². The van der Waals surface area contributed by atoms with Gasteiger partial charge in [0.05, 0.1) is 12.5 Å². The van der Waals surface area contributed by atoms with Crippen LogP contribution in [0.3, 0.4) is 0 Å². The van der Waals surface area contributed by atoms with Gasteiger partial charge in [0.15, 0.2) is 0 Å². The number of methoxy groups -OCH3 is 1. The van der Waals surface area contributed by atoms with Crippen LogP contribution in [0.15, 0.2) is 6.07 Å². The lowest BCUT2D eigenvalue weighted by molar-refractivity contribution is -0.140. The maximum atomic E-state index is 11.6. The van der Waals surface area contributed by atoms with Gasteiger partial charge in [-0.1, -0.05) is 0 Å². The van der Waals surface area contributed by atoms with Crippen LogP contribution < -0.4 is 4.74 Å². The van der Waals surface area contributed by atoms with E-state index in [1.165, 1.54) is 24.0 Å². The minimum atomic E-state index is -0.709. The average Bonchev–Trinajstić information content (AvgIpc) is 3.21. The Hall–Kier alpha value is -1.51. The monoisotopic (exact) mass is 260 g/mol. The predicted molar refractivity (Wildman–Crippen MR) is 73.0 cm³/mol. The van der Waals surface area contributed by atoms with Gasteiger partial charge < -0.3 is 9.84 Å². The maximum Gasteiger partial charge on any atom is 0.314 e. The summed E-state index contributed by atoms with van der Waals surface area (Å²) >= 11 is 0. The molecular weight excluding hydrogens is 240 g/mol. The molecule has 0 atom stereocenters. The van der Waals surface area contributed by atoms with Crippen LogP contribution in [0.5, 0.6) is 5.75 Å². The minimum Gasteiger partial charge on any atom is -0.496 e. The molecule has 0 unspecified atom stereocenters. The summed E-state index contributed by atoms with van der Waals surface area (Å²) in [5.41, 5.74) is 3.99. The molecule has 1 aromatic carbocycles. The Bertz CT molecular complexity index is 552. The Kier molecular flexibility index (Phi) is 2.63. The van der Waals surface area contributed by atoms with Crippen molar-refractivity contribution in [3.63, 3.8) is 0 Å². The average molecular weight is 260 g/mol. The van der Waals surface area contributed by atoms with Gasteiger partial charge in [-0.25, -0.2) is 0 Å². The molecule has 2 aliphatic carbocycles. The third-order valence-corrected chi connectivity index (χ3v) is 4.64. The number of hydrogen-bond acceptors (Lipinski definition) is 2. The number of carboxylic acids is 1. The van der Waals surface area contributed by atoms with E-state index in [0.29, 0.717) is 5.92 Å². The number of benzene rings is 1. The Morgan fingerprint density at radius 2 is 2.00 bits per heavy atom. The quantitative estimate of drug-likeness (QED) is 0.903. The smallest absolute Gasteiger partial charge is 0.314 e. The fourth-order valence-electron chi connectivity index (χ4n) is 3.41. The normalized spacial score (nSPS) is 20.2. The lowest BCUT2D eigenvalue weighted by atomic mass is 9.85. The van der Waals surface area contributed by atoms with Gasteiger partial charge in [-0.2, -0.15) is 0 Å². The fraction of sp³-hybridized carbons (Fsp3) is 0.562. The summed E-state index contributed by atoms with van der Waals surface area (Å²) in [5, 5.41) is 9.56. The lowest BCUT2D eigenvalue weighted by Gasteiger charge is -2.22. The van der Waals surface area contributed by atoms with Crippen LogP contribution in [0.1, 0.15) is 53.9 Å². The van der Waals surface area contributed by atoms with Gasteiger partial charge in [-0.3, -0.25) is 4.79 Å². The number of aryl methyl sites for hydroxylation is 1. The summed E-state index contributed by atoms with van der Waals surface area (Å²) < 4.78 is 5.48. The maximum absolute atomic E-state index is 11.6. The van der Waals surface area contributed by atoms with Crippen molar-refractivity contribution in [1.29, 1.82) is 0 Å². The molecule has 0 aliphatic heterocycles. The molecule has 0 amide bonds. The number of carbonyl (C=O) groups is 1. The molecule has 2 saturated carbocycles. The van der Waals surface area contributed by atoms with Gasteiger partial charge >= 0.3 is 5.97 Å². The second-order valence-electron chi connectivity index (χ2n) is 5.97. The number of carboxylic acid groups (broad SMARTS) is 1. The first kappa shape index (κ1) is 12.5. The summed E-state index contributed by atoms with van der Waals surface area (Å²) in [6.07, 6.45) is 3.92. The Morgan fingerprint density at radius 1 is 1.37 bits per heavy atom. The van der Waals surface area contributed by atoms with Gasteiger partial charge in [0.1, 0.15) is 5.75 Å². The molecule has 0 radical (unpaired) electrons. The molecule has 3 rings (SSSR count). The molecule has 2 aliphatic rings. The van der Waals surface area contributed by atoms with E-state index < -0.39 is 11.4 Å². The van der Waals surface area contributed by atoms with Crippen molar-refractivity contribution in [1.82, 2.24) is 0 Å². The van der Waals surface area contributed by atoms with Gasteiger partial charge in [0.2, 0.25) is 0 Å². The second-order valence-corrected chi connectivity index (χ2v) is 5.97. The largest absolute Gasteiger partial charge is 0.496 e. The Balaban J connectivity index is 2.22. The number of ether oxygens (including phenoxy) is 1. The molecule has 0 saturated heterocycles. The molecule has 0 aromatic heterocycles. The molecule has 0 spiro atoms. The third-order valence-electron chi connectivity index (χ3n) is 4.64. The van der Waals surface area contributed by atoms with Crippen molar-refractivity contribution in [2.45, 2.75) is 50.9 Å². The van der Waals surface area contributed by atoms with Crippen LogP contribution in [0.2, 0.25) is 0 Å². The molecule has 19 heavy (non-hydrogen) atoms. The molecular formula is C16H20O3. The third kappa shape index (κ3) is 1.75. The molecule has 3 heteroatoms. The minimum absolute atomic E-state index is 0.634. The summed E-state index contributed by atoms with van der Waals surface area (Å²) in [7, 11) is 1.63. The first-order chi connectivity index (χ1) is 9.01. The summed E-state index contributed by atoms with van der Waals surface area (Å²) in [4.78, 5) is 11.6. The first-order valence-electron chi connectivity index (χ1n) is 6.93. The second kappa shape index (κ2) is 3.99. The van der Waals surface area contributed by atoms with E-state index in [2.05, 4.69) is 13.8 Å². The van der Waals surface area contributed by atoms with E-state index in [0.717, 1.165) is 29.7 Å². The van der Waals surface area contributed by atoms with Crippen molar-refractivity contribution < 1.29 is 14.6 Å². The van der Waals surface area contributed by atoms with Crippen molar-refractivity contribution >= 4 is 5.97 Å². The van der Waals surface area contributed by atoms with Gasteiger partial charge in [-0.05, 0) is 68.2 Å². The summed E-state index contributed by atoms with van der Waals surface area (Å²) in [6.45, 7) is 4.18. The standard InChI is InChI=1S/C16H20O3/c1-9-8-12(19-3)14(16(6-7-16)15(17)18)10(2)13(9)11-4-5-11/h8,11H,4-7H2,1-3H3,(H,17,18). The van der Waals surface area contributed by atoms with E-state index in [4.69, 9.17) is 4.74 Å². The summed E-state index contributed by atoms with van der Waals surface area (Å²) in [5.74, 6) is 0.674. The van der Waals surface area contributed by atoms with E-state index in [1.807, 2.05) is 6.07 Å². The molecule has 2 fully saturated rings. The topological polar surface area (TPSA) is 46.5 Å². The van der Waals surface area contributed by atoms with Crippen LogP contribution >= 0.6 is 0 Å². The zero-order valence-electron chi connectivity index (χ0n) is 11.7. The fourth-order valence-corrected chi connectivity index (χ4v) is 3.41. The molecule has 102 valence electrons. The van der Waals surface area contributed by atoms with Crippen LogP contribution in [0, 0.1) is 13.8 Å². The molecule has 1 N–H and O–H groups in total. The van der Waals surface area contributed by atoms with E-state index in [1.54, 1.807) is 7.11 Å². The van der Waals surface area contributed by atoms with Crippen molar-refractivity contribution in [2.75, 3.05) is 7.11 Å². The lowest BCUT2D eigenvalue weighted by Crippen LogP contribution is -2.22. The summed E-state index contributed by atoms with van der Waals surface area (Å²) in [6, 6.07) is 2.03. The molecule has 0 heterocycles. The number of hydrogen-bond donors (Lipinski definition) is 1. The number of aliphatic carboxylic acids is 1. The van der Waals surface area contributed by atoms with Gasteiger partial charge in [0, 0.05) is 5.56 Å². The Labute approximate surface area is 113 Å². The van der Waals surface area contributed by atoms with Crippen LogP contribution in [0.4, 0.5) is 0 Å². The SMILES string of the molecule is COc1cc(C)c(C2CC2)c(C)c1C1(C(=O)O)CC1. The number of rotatable bonds is 4. The van der Waals surface area contributed by atoms with Crippen molar-refractivity contribution in [2.24, 2.45) is 0 Å². The van der Waals surface area contributed by atoms with E-state index in [-0.39, 0.29) is 0 Å².